The summed E-state index contributed by atoms with van der Waals surface area (Å²) in [5, 5.41) is 1.02. The third kappa shape index (κ3) is 1.88. The Bertz CT molecular complexity index is 481. The molecule has 0 saturated heterocycles. The fourth-order valence-corrected chi connectivity index (χ4v) is 2.40. The molecule has 3 heteroatoms. The number of hydrogen-bond donors (Lipinski definition) is 1. The number of nitrogens with zero attached hydrogens (tertiary/aromatic N) is 1. The normalized spacial score (nSPS) is 10.6. The molecule has 0 saturated carbocycles. The number of anilines is 1. The highest BCUT2D eigenvalue weighted by atomic mass is 32.1. The Kier molecular flexibility index (Phi) is 2.49. The van der Waals surface area contributed by atoms with Crippen molar-refractivity contribution >= 4 is 17.0 Å². The molecule has 2 N–H and O–H groups in total. The molecule has 2 aromatic rings. The minimum atomic E-state index is 0.800. The van der Waals surface area contributed by atoms with Crippen molar-refractivity contribution in [3.05, 3.63) is 34.3 Å². The van der Waals surface area contributed by atoms with Crippen LogP contribution >= 0.6 is 11.3 Å². The van der Waals surface area contributed by atoms with Crippen LogP contribution in [-0.4, -0.2) is 4.98 Å². The number of aromatic nitrogens is 1. The molecule has 78 valence electrons. The Hall–Kier alpha value is -1.35. The van der Waals surface area contributed by atoms with Gasteiger partial charge in [0.1, 0.15) is 5.01 Å². The summed E-state index contributed by atoms with van der Waals surface area (Å²) < 4.78 is 0. The van der Waals surface area contributed by atoms with Gasteiger partial charge in [0.2, 0.25) is 0 Å². The summed E-state index contributed by atoms with van der Waals surface area (Å²) >= 11 is 1.70. The van der Waals surface area contributed by atoms with E-state index >= 15 is 0 Å². The van der Waals surface area contributed by atoms with Crippen LogP contribution < -0.4 is 5.73 Å². The number of hydrogen-bond acceptors (Lipinski definition) is 3. The van der Waals surface area contributed by atoms with Gasteiger partial charge in [0, 0.05) is 16.1 Å². The minimum absolute atomic E-state index is 0.800. The van der Waals surface area contributed by atoms with Gasteiger partial charge >= 0.3 is 0 Å². The van der Waals surface area contributed by atoms with Crippen LogP contribution in [0.1, 0.15) is 16.1 Å². The standard InChI is InChI=1S/C12H14N2S/c1-7-4-5-11(13)10(6-7)12-14-8(2)9(3)15-12/h4-6H,13H2,1-3H3. The third-order valence-corrected chi connectivity index (χ3v) is 3.57. The molecule has 0 aliphatic carbocycles. The first-order valence-electron chi connectivity index (χ1n) is 4.88. The van der Waals surface area contributed by atoms with Crippen molar-refractivity contribution < 1.29 is 0 Å². The van der Waals surface area contributed by atoms with Crippen molar-refractivity contribution in [3.63, 3.8) is 0 Å². The second kappa shape index (κ2) is 3.66. The summed E-state index contributed by atoms with van der Waals surface area (Å²) in [5.74, 6) is 0. The number of benzene rings is 1. The van der Waals surface area contributed by atoms with Crippen LogP contribution in [0.25, 0.3) is 10.6 Å². The van der Waals surface area contributed by atoms with Gasteiger partial charge < -0.3 is 5.73 Å². The third-order valence-electron chi connectivity index (χ3n) is 2.47. The van der Waals surface area contributed by atoms with E-state index in [-0.39, 0.29) is 0 Å². The van der Waals surface area contributed by atoms with Gasteiger partial charge in [0.25, 0.3) is 0 Å². The minimum Gasteiger partial charge on any atom is -0.398 e. The Morgan fingerprint density at radius 1 is 1.20 bits per heavy atom. The molecule has 1 aromatic heterocycles. The molecule has 0 aliphatic rings. The monoisotopic (exact) mass is 218 g/mol. The van der Waals surface area contributed by atoms with Crippen LogP contribution in [0.2, 0.25) is 0 Å². The van der Waals surface area contributed by atoms with Gasteiger partial charge in [-0.05, 0) is 32.9 Å². The Balaban J connectivity index is 2.58. The van der Waals surface area contributed by atoms with Gasteiger partial charge in [-0.3, -0.25) is 0 Å². The molecule has 0 fully saturated rings. The molecule has 1 aromatic carbocycles. The van der Waals surface area contributed by atoms with Crippen LogP contribution in [0.5, 0.6) is 0 Å². The molecule has 0 spiro atoms. The maximum absolute atomic E-state index is 5.95. The van der Waals surface area contributed by atoms with Crippen molar-refractivity contribution in [2.45, 2.75) is 20.8 Å². The van der Waals surface area contributed by atoms with E-state index in [2.05, 4.69) is 24.9 Å². The van der Waals surface area contributed by atoms with Gasteiger partial charge in [0.05, 0.1) is 5.69 Å². The van der Waals surface area contributed by atoms with E-state index in [0.717, 1.165) is 22.0 Å². The number of nitrogen functional groups attached to an aromatic ring is 1. The molecule has 0 unspecified atom stereocenters. The second-order valence-corrected chi connectivity index (χ2v) is 4.95. The van der Waals surface area contributed by atoms with Gasteiger partial charge in [-0.25, -0.2) is 4.98 Å². The van der Waals surface area contributed by atoms with Crippen molar-refractivity contribution in [1.29, 1.82) is 0 Å². The first-order chi connectivity index (χ1) is 7.08. The van der Waals surface area contributed by atoms with Gasteiger partial charge in [0.15, 0.2) is 0 Å². The zero-order valence-corrected chi connectivity index (χ0v) is 9.98. The van der Waals surface area contributed by atoms with Crippen molar-refractivity contribution in [3.8, 4) is 10.6 Å². The zero-order valence-electron chi connectivity index (χ0n) is 9.16. The average Bonchev–Trinajstić information content (AvgIpc) is 2.51. The zero-order chi connectivity index (χ0) is 11.0. The molecule has 1 heterocycles. The maximum atomic E-state index is 5.95. The van der Waals surface area contributed by atoms with Crippen LogP contribution in [0.3, 0.4) is 0 Å². The first kappa shape index (κ1) is 10.2. The number of nitrogens with two attached hydrogens (primary N) is 1. The van der Waals surface area contributed by atoms with E-state index in [1.165, 1.54) is 10.4 Å². The molecule has 0 radical (unpaired) electrons. The topological polar surface area (TPSA) is 38.9 Å². The van der Waals surface area contributed by atoms with Gasteiger partial charge in [-0.2, -0.15) is 0 Å². The predicted octanol–water partition coefficient (Wildman–Crippen LogP) is 3.32. The van der Waals surface area contributed by atoms with Crippen LogP contribution in [0, 0.1) is 20.8 Å². The highest BCUT2D eigenvalue weighted by Crippen LogP contribution is 2.31. The molecule has 2 rings (SSSR count). The Labute approximate surface area is 93.8 Å². The molecule has 0 atom stereocenters. The van der Waals surface area contributed by atoms with E-state index in [4.69, 9.17) is 5.73 Å². The fraction of sp³-hybridized carbons (Fsp3) is 0.250. The van der Waals surface area contributed by atoms with E-state index in [0.29, 0.717) is 0 Å². The summed E-state index contributed by atoms with van der Waals surface area (Å²) in [6.07, 6.45) is 0. The summed E-state index contributed by atoms with van der Waals surface area (Å²) in [6.45, 7) is 6.18. The van der Waals surface area contributed by atoms with Gasteiger partial charge in [-0.1, -0.05) is 11.6 Å². The summed E-state index contributed by atoms with van der Waals surface area (Å²) in [4.78, 5) is 5.78. The Morgan fingerprint density at radius 3 is 2.53 bits per heavy atom. The molecular weight excluding hydrogens is 204 g/mol. The van der Waals surface area contributed by atoms with Crippen molar-refractivity contribution in [2.75, 3.05) is 5.73 Å². The summed E-state index contributed by atoms with van der Waals surface area (Å²) in [5.41, 5.74) is 10.1. The molecule has 0 amide bonds. The smallest absolute Gasteiger partial charge is 0.125 e. The molecule has 2 nitrogen and oxygen atoms in total. The predicted molar refractivity (Wildman–Crippen MR) is 66.2 cm³/mol. The summed E-state index contributed by atoms with van der Waals surface area (Å²) in [6, 6.07) is 6.05. The summed E-state index contributed by atoms with van der Waals surface area (Å²) in [7, 11) is 0. The quantitative estimate of drug-likeness (QED) is 0.746. The highest BCUT2D eigenvalue weighted by molar-refractivity contribution is 7.15. The molecular formula is C12H14N2S. The largest absolute Gasteiger partial charge is 0.398 e. The molecule has 0 bridgehead atoms. The van der Waals surface area contributed by atoms with Crippen LogP contribution in [-0.2, 0) is 0 Å². The van der Waals surface area contributed by atoms with Crippen LogP contribution in [0.4, 0.5) is 5.69 Å². The SMILES string of the molecule is Cc1ccc(N)c(-c2nc(C)c(C)s2)c1. The van der Waals surface area contributed by atoms with E-state index in [1.54, 1.807) is 11.3 Å². The van der Waals surface area contributed by atoms with Crippen molar-refractivity contribution in [2.24, 2.45) is 0 Å². The number of rotatable bonds is 1. The van der Waals surface area contributed by atoms with E-state index in [1.807, 2.05) is 19.1 Å². The lowest BCUT2D eigenvalue weighted by molar-refractivity contribution is 1.23. The Morgan fingerprint density at radius 2 is 1.93 bits per heavy atom. The number of aryl methyl sites for hydroxylation is 3. The average molecular weight is 218 g/mol. The van der Waals surface area contributed by atoms with Crippen LogP contribution in [0.15, 0.2) is 18.2 Å². The number of thiazole rings is 1. The first-order valence-corrected chi connectivity index (χ1v) is 5.70. The fourth-order valence-electron chi connectivity index (χ4n) is 1.44. The highest BCUT2D eigenvalue weighted by Gasteiger charge is 2.09. The lowest BCUT2D eigenvalue weighted by Crippen LogP contribution is -1.90. The lowest BCUT2D eigenvalue weighted by Gasteiger charge is -2.02. The van der Waals surface area contributed by atoms with Gasteiger partial charge in [-0.15, -0.1) is 11.3 Å². The second-order valence-electron chi connectivity index (χ2n) is 3.75. The lowest BCUT2D eigenvalue weighted by atomic mass is 10.1. The van der Waals surface area contributed by atoms with E-state index < -0.39 is 0 Å². The molecule has 15 heavy (non-hydrogen) atoms. The van der Waals surface area contributed by atoms with E-state index in [9.17, 15) is 0 Å². The molecule has 0 aliphatic heterocycles. The van der Waals surface area contributed by atoms with Crippen molar-refractivity contribution in [1.82, 2.24) is 4.98 Å². The maximum Gasteiger partial charge on any atom is 0.125 e.